The lowest BCUT2D eigenvalue weighted by Gasteiger charge is -2.09. The molecule has 1 N–H and O–H groups in total. The fourth-order valence-electron chi connectivity index (χ4n) is 0.728. The number of carboxylic acids is 1. The van der Waals surface area contributed by atoms with Crippen molar-refractivity contribution in [2.45, 2.75) is 12.8 Å². The first-order chi connectivity index (χ1) is 6.43. The fourth-order valence-corrected chi connectivity index (χ4v) is 1.74. The van der Waals surface area contributed by atoms with Crippen LogP contribution in [0.2, 0.25) is 0 Å². The molecular weight excluding hydrogens is 206 g/mol. The number of hydrogen-bond acceptors (Lipinski definition) is 3. The lowest BCUT2D eigenvalue weighted by molar-refractivity contribution is -0.136. The molecule has 14 heavy (non-hydrogen) atoms. The number of amides is 1. The van der Waals surface area contributed by atoms with E-state index in [1.807, 2.05) is 0 Å². The van der Waals surface area contributed by atoms with Gasteiger partial charge in [0.15, 0.2) is 0 Å². The highest BCUT2D eigenvalue weighted by atomic mass is 32.2. The summed E-state index contributed by atoms with van der Waals surface area (Å²) < 4.78 is 11.2. The van der Waals surface area contributed by atoms with E-state index in [9.17, 15) is 13.8 Å². The van der Waals surface area contributed by atoms with Crippen LogP contribution in [-0.2, 0) is 20.4 Å². The Hall–Kier alpha value is -0.910. The molecule has 0 spiro atoms. The molecule has 0 radical (unpaired) electrons. The van der Waals surface area contributed by atoms with Crippen LogP contribution in [0.3, 0.4) is 0 Å². The molecule has 1 unspecified atom stereocenters. The van der Waals surface area contributed by atoms with E-state index in [0.29, 0.717) is 0 Å². The maximum Gasteiger partial charge on any atom is 0.304 e. The molecule has 5 nitrogen and oxygen atoms in total. The van der Waals surface area contributed by atoms with Gasteiger partial charge >= 0.3 is 5.97 Å². The van der Waals surface area contributed by atoms with E-state index < -0.39 is 16.8 Å². The highest BCUT2D eigenvalue weighted by molar-refractivity contribution is 7.85. The molecule has 0 saturated heterocycles. The summed E-state index contributed by atoms with van der Waals surface area (Å²) in [5.41, 5.74) is 0. The molecule has 0 saturated carbocycles. The summed E-state index contributed by atoms with van der Waals surface area (Å²) in [6, 6.07) is 0. The Kier molecular flexibility index (Phi) is 6.11. The lowest BCUT2D eigenvalue weighted by Crippen LogP contribution is -2.23. The van der Waals surface area contributed by atoms with Crippen molar-refractivity contribution in [3.63, 3.8) is 0 Å². The van der Waals surface area contributed by atoms with Crippen LogP contribution in [0.15, 0.2) is 0 Å². The van der Waals surface area contributed by atoms with E-state index in [-0.39, 0.29) is 30.3 Å². The Morgan fingerprint density at radius 2 is 1.71 bits per heavy atom. The van der Waals surface area contributed by atoms with Crippen LogP contribution in [0, 0.1) is 0 Å². The quantitative estimate of drug-likeness (QED) is 0.667. The summed E-state index contributed by atoms with van der Waals surface area (Å²) in [6.45, 7) is 0. The predicted molar refractivity (Wildman–Crippen MR) is 53.4 cm³/mol. The van der Waals surface area contributed by atoms with Gasteiger partial charge in [-0.2, -0.15) is 0 Å². The Morgan fingerprint density at radius 1 is 1.21 bits per heavy atom. The third-order valence-corrected chi connectivity index (χ3v) is 2.90. The van der Waals surface area contributed by atoms with E-state index in [1.54, 1.807) is 14.1 Å². The number of carbonyl (C=O) groups is 2. The van der Waals surface area contributed by atoms with Crippen molar-refractivity contribution in [1.29, 1.82) is 0 Å². The molecule has 82 valence electrons. The highest BCUT2D eigenvalue weighted by Gasteiger charge is 2.08. The van der Waals surface area contributed by atoms with Crippen molar-refractivity contribution < 1.29 is 18.9 Å². The molecule has 0 aromatic heterocycles. The molecule has 1 atom stereocenters. The number of aliphatic carboxylic acids is 1. The van der Waals surface area contributed by atoms with Gasteiger partial charge < -0.3 is 10.0 Å². The Bertz CT molecular complexity index is 239. The number of carbonyl (C=O) groups excluding carboxylic acids is 1. The molecular formula is C8H15NO4S. The first-order valence-corrected chi connectivity index (χ1v) is 5.69. The number of hydrogen-bond donors (Lipinski definition) is 1. The smallest absolute Gasteiger partial charge is 0.304 e. The van der Waals surface area contributed by atoms with Crippen molar-refractivity contribution in [3.05, 3.63) is 0 Å². The predicted octanol–water partition coefficient (Wildman–Crippen LogP) is -0.312. The number of rotatable bonds is 6. The number of carboxylic acid groups (broad SMARTS) is 1. The van der Waals surface area contributed by atoms with Crippen LogP contribution in [0.25, 0.3) is 0 Å². The molecule has 0 aromatic carbocycles. The Morgan fingerprint density at radius 3 is 2.14 bits per heavy atom. The van der Waals surface area contributed by atoms with Crippen molar-refractivity contribution in [1.82, 2.24) is 4.90 Å². The normalized spacial score (nSPS) is 12.1. The van der Waals surface area contributed by atoms with Gasteiger partial charge in [-0.15, -0.1) is 0 Å². The minimum Gasteiger partial charge on any atom is -0.481 e. The second-order valence-corrected chi connectivity index (χ2v) is 4.73. The SMILES string of the molecule is CN(C)C(=O)CCS(=O)CCC(=O)O. The molecule has 0 aliphatic carbocycles. The van der Waals surface area contributed by atoms with Gasteiger partial charge in [-0.3, -0.25) is 13.8 Å². The van der Waals surface area contributed by atoms with Gasteiger partial charge in [0.1, 0.15) is 0 Å². The summed E-state index contributed by atoms with van der Waals surface area (Å²) in [5, 5.41) is 8.32. The maximum atomic E-state index is 11.2. The van der Waals surface area contributed by atoms with Crippen LogP contribution in [0.5, 0.6) is 0 Å². The molecule has 0 rings (SSSR count). The zero-order valence-electron chi connectivity index (χ0n) is 8.36. The van der Waals surface area contributed by atoms with E-state index in [1.165, 1.54) is 4.90 Å². The largest absolute Gasteiger partial charge is 0.481 e. The molecule has 1 amide bonds. The summed E-state index contributed by atoms with van der Waals surface area (Å²) in [7, 11) is 2.05. The first kappa shape index (κ1) is 13.1. The first-order valence-electron chi connectivity index (χ1n) is 4.20. The van der Waals surface area contributed by atoms with Crippen LogP contribution >= 0.6 is 0 Å². The summed E-state index contributed by atoms with van der Waals surface area (Å²) >= 11 is 0. The Labute approximate surface area is 85.5 Å². The van der Waals surface area contributed by atoms with Crippen LogP contribution < -0.4 is 0 Å². The number of nitrogens with zero attached hydrogens (tertiary/aromatic N) is 1. The molecule has 0 fully saturated rings. The summed E-state index contributed by atoms with van der Waals surface area (Å²) in [4.78, 5) is 22.6. The Balaban J connectivity index is 3.64. The molecule has 0 aliphatic heterocycles. The minimum atomic E-state index is -1.21. The highest BCUT2D eigenvalue weighted by Crippen LogP contribution is 1.94. The van der Waals surface area contributed by atoms with Crippen molar-refractivity contribution in [2.24, 2.45) is 0 Å². The van der Waals surface area contributed by atoms with Gasteiger partial charge in [0.05, 0.1) is 6.42 Å². The molecule has 0 bridgehead atoms. The van der Waals surface area contributed by atoms with Crippen LogP contribution in [-0.4, -0.2) is 51.7 Å². The van der Waals surface area contributed by atoms with Crippen molar-refractivity contribution in [2.75, 3.05) is 25.6 Å². The van der Waals surface area contributed by atoms with Crippen LogP contribution in [0.4, 0.5) is 0 Å². The second kappa shape index (κ2) is 6.53. The van der Waals surface area contributed by atoms with E-state index >= 15 is 0 Å². The molecule has 0 aromatic rings. The van der Waals surface area contributed by atoms with Gasteiger partial charge in [-0.05, 0) is 0 Å². The summed E-state index contributed by atoms with van der Waals surface area (Å²) in [6.07, 6.45) is 0.0992. The average Bonchev–Trinajstić information content (AvgIpc) is 2.10. The molecule has 6 heteroatoms. The zero-order valence-corrected chi connectivity index (χ0v) is 9.17. The molecule has 0 heterocycles. The van der Waals surface area contributed by atoms with Gasteiger partial charge in [-0.25, -0.2) is 0 Å². The zero-order chi connectivity index (χ0) is 11.1. The summed E-state index contributed by atoms with van der Waals surface area (Å²) in [5.74, 6) is -0.689. The topological polar surface area (TPSA) is 74.7 Å². The maximum absolute atomic E-state index is 11.2. The monoisotopic (exact) mass is 221 g/mol. The average molecular weight is 221 g/mol. The van der Waals surface area contributed by atoms with Gasteiger partial charge in [-0.1, -0.05) is 0 Å². The minimum absolute atomic E-state index is 0.0892. The standard InChI is InChI=1S/C8H15NO4S/c1-9(2)7(10)3-5-14(13)6-4-8(11)12/h3-6H2,1-2H3,(H,11,12). The van der Waals surface area contributed by atoms with E-state index in [2.05, 4.69) is 0 Å². The van der Waals surface area contributed by atoms with Crippen molar-refractivity contribution >= 4 is 22.7 Å². The third kappa shape index (κ3) is 6.59. The van der Waals surface area contributed by atoms with Gasteiger partial charge in [0.25, 0.3) is 0 Å². The van der Waals surface area contributed by atoms with Crippen molar-refractivity contribution in [3.8, 4) is 0 Å². The second-order valence-electron chi connectivity index (χ2n) is 3.03. The van der Waals surface area contributed by atoms with Gasteiger partial charge in [0.2, 0.25) is 5.91 Å². The molecule has 0 aliphatic rings. The fraction of sp³-hybridized carbons (Fsp3) is 0.750. The van der Waals surface area contributed by atoms with E-state index in [0.717, 1.165) is 0 Å². The van der Waals surface area contributed by atoms with E-state index in [4.69, 9.17) is 5.11 Å². The van der Waals surface area contributed by atoms with Crippen LogP contribution in [0.1, 0.15) is 12.8 Å². The lowest BCUT2D eigenvalue weighted by atomic mass is 10.4. The third-order valence-electron chi connectivity index (χ3n) is 1.59. The van der Waals surface area contributed by atoms with Gasteiger partial charge in [0, 0.05) is 42.8 Å².